The van der Waals surface area contributed by atoms with Gasteiger partial charge in [0.05, 0.1) is 5.52 Å². The van der Waals surface area contributed by atoms with Gasteiger partial charge in [-0.2, -0.15) is 0 Å². The summed E-state index contributed by atoms with van der Waals surface area (Å²) in [7, 11) is 4.18. The van der Waals surface area contributed by atoms with E-state index in [-0.39, 0.29) is 0 Å². The highest BCUT2D eigenvalue weighted by Crippen LogP contribution is 2.31. The van der Waals surface area contributed by atoms with Crippen molar-refractivity contribution in [1.29, 1.82) is 0 Å². The van der Waals surface area contributed by atoms with E-state index in [1.807, 2.05) is 30.3 Å². The second-order valence-corrected chi connectivity index (χ2v) is 7.84. The Bertz CT molecular complexity index is 1310. The van der Waals surface area contributed by atoms with Crippen molar-refractivity contribution in [1.82, 2.24) is 14.9 Å². The highest BCUT2D eigenvalue weighted by atomic mass is 16.3. The highest BCUT2D eigenvalue weighted by molar-refractivity contribution is 6.01. The van der Waals surface area contributed by atoms with Crippen LogP contribution in [0.3, 0.4) is 0 Å². The average Bonchev–Trinajstić information content (AvgIpc) is 3.19. The molecule has 0 fully saturated rings. The van der Waals surface area contributed by atoms with Gasteiger partial charge in [0.25, 0.3) is 0 Å². The van der Waals surface area contributed by atoms with Crippen LogP contribution in [-0.4, -0.2) is 42.1 Å². The van der Waals surface area contributed by atoms with Crippen molar-refractivity contribution in [2.75, 3.05) is 32.5 Å². The van der Waals surface area contributed by atoms with E-state index >= 15 is 0 Å². The molecule has 2 aromatic heterocycles. The van der Waals surface area contributed by atoms with Gasteiger partial charge in [0.2, 0.25) is 0 Å². The molecule has 5 aromatic rings. The first-order valence-corrected chi connectivity index (χ1v) is 10.3. The lowest BCUT2D eigenvalue weighted by atomic mass is 10.1. The number of hydrogen-bond donors (Lipinski definition) is 1. The molecule has 0 bridgehead atoms. The number of benzene rings is 3. The number of para-hydroxylation sites is 1. The van der Waals surface area contributed by atoms with E-state index in [4.69, 9.17) is 14.4 Å². The SMILES string of the molecule is CN(C)CCCNc1nc(-c2cc3ccccc3o2)nc2cc3ccccc3cc12. The molecule has 0 aliphatic heterocycles. The van der Waals surface area contributed by atoms with Gasteiger partial charge in [0.1, 0.15) is 11.4 Å². The monoisotopic (exact) mass is 396 g/mol. The summed E-state index contributed by atoms with van der Waals surface area (Å²) in [6.45, 7) is 1.87. The van der Waals surface area contributed by atoms with Crippen molar-refractivity contribution in [3.05, 3.63) is 66.7 Å². The third kappa shape index (κ3) is 3.60. The third-order valence-electron chi connectivity index (χ3n) is 5.28. The molecule has 0 saturated heterocycles. The van der Waals surface area contributed by atoms with Crippen LogP contribution in [0.5, 0.6) is 0 Å². The minimum Gasteiger partial charge on any atom is -0.453 e. The number of fused-ring (bicyclic) bond motifs is 3. The molecule has 0 amide bonds. The number of aromatic nitrogens is 2. The van der Waals surface area contributed by atoms with Gasteiger partial charge < -0.3 is 14.6 Å². The van der Waals surface area contributed by atoms with Crippen LogP contribution in [0.4, 0.5) is 5.82 Å². The predicted octanol–water partition coefficient (Wildman–Crippen LogP) is 5.56. The zero-order chi connectivity index (χ0) is 20.5. The molecule has 5 rings (SSSR count). The Hall–Kier alpha value is -3.44. The molecule has 0 aliphatic carbocycles. The minimum atomic E-state index is 0.601. The number of anilines is 1. The minimum absolute atomic E-state index is 0.601. The van der Waals surface area contributed by atoms with Crippen LogP contribution in [0.25, 0.3) is 44.2 Å². The van der Waals surface area contributed by atoms with E-state index in [1.165, 1.54) is 5.39 Å². The Morgan fingerprint density at radius 1 is 0.867 bits per heavy atom. The molecule has 0 spiro atoms. The van der Waals surface area contributed by atoms with Gasteiger partial charge >= 0.3 is 0 Å². The number of rotatable bonds is 6. The van der Waals surface area contributed by atoms with Crippen LogP contribution >= 0.6 is 0 Å². The van der Waals surface area contributed by atoms with Gasteiger partial charge in [-0.05, 0) is 62.1 Å². The Morgan fingerprint density at radius 2 is 1.60 bits per heavy atom. The summed E-state index contributed by atoms with van der Waals surface area (Å²) in [6, 6.07) is 22.6. The molecule has 0 unspecified atom stereocenters. The molecule has 5 nitrogen and oxygen atoms in total. The topological polar surface area (TPSA) is 54.2 Å². The maximum absolute atomic E-state index is 6.04. The molecule has 0 saturated carbocycles. The molecular formula is C25H24N4O. The highest BCUT2D eigenvalue weighted by Gasteiger charge is 2.14. The zero-order valence-electron chi connectivity index (χ0n) is 17.2. The lowest BCUT2D eigenvalue weighted by Crippen LogP contribution is -2.16. The second-order valence-electron chi connectivity index (χ2n) is 7.84. The summed E-state index contributed by atoms with van der Waals surface area (Å²) in [6.07, 6.45) is 1.03. The molecular weight excluding hydrogens is 372 g/mol. The molecule has 3 aromatic carbocycles. The second kappa shape index (κ2) is 7.76. The summed E-state index contributed by atoms with van der Waals surface area (Å²) in [5.41, 5.74) is 1.75. The first-order chi connectivity index (χ1) is 14.7. The predicted molar refractivity (Wildman–Crippen MR) is 124 cm³/mol. The fourth-order valence-corrected chi connectivity index (χ4v) is 3.75. The van der Waals surface area contributed by atoms with Gasteiger partial charge in [-0.25, -0.2) is 9.97 Å². The largest absolute Gasteiger partial charge is 0.453 e. The lowest BCUT2D eigenvalue weighted by molar-refractivity contribution is 0.405. The van der Waals surface area contributed by atoms with Crippen LogP contribution in [0.1, 0.15) is 6.42 Å². The fourth-order valence-electron chi connectivity index (χ4n) is 3.75. The average molecular weight is 396 g/mol. The van der Waals surface area contributed by atoms with Gasteiger partial charge in [-0.3, -0.25) is 0 Å². The Balaban J connectivity index is 1.62. The summed E-state index contributed by atoms with van der Waals surface area (Å²) < 4.78 is 6.04. The van der Waals surface area contributed by atoms with Crippen LogP contribution in [-0.2, 0) is 0 Å². The lowest BCUT2D eigenvalue weighted by Gasteiger charge is -2.13. The molecule has 0 aliphatic rings. The Kier molecular flexibility index (Phi) is 4.81. The van der Waals surface area contributed by atoms with E-state index in [0.717, 1.165) is 52.6 Å². The van der Waals surface area contributed by atoms with Gasteiger partial charge in [-0.1, -0.05) is 42.5 Å². The van der Waals surface area contributed by atoms with Crippen molar-refractivity contribution in [2.24, 2.45) is 0 Å². The number of nitrogens with one attached hydrogen (secondary N) is 1. The van der Waals surface area contributed by atoms with Crippen molar-refractivity contribution in [3.8, 4) is 11.6 Å². The summed E-state index contributed by atoms with van der Waals surface area (Å²) in [4.78, 5) is 11.9. The summed E-state index contributed by atoms with van der Waals surface area (Å²) >= 11 is 0. The van der Waals surface area contributed by atoms with E-state index in [1.54, 1.807) is 0 Å². The summed E-state index contributed by atoms with van der Waals surface area (Å²) in [5, 5.41) is 7.96. The first-order valence-electron chi connectivity index (χ1n) is 10.3. The molecule has 1 N–H and O–H groups in total. The van der Waals surface area contributed by atoms with Crippen LogP contribution in [0, 0.1) is 0 Å². The van der Waals surface area contributed by atoms with E-state index in [0.29, 0.717) is 11.6 Å². The number of furan rings is 1. The first kappa shape index (κ1) is 18.6. The maximum Gasteiger partial charge on any atom is 0.198 e. The van der Waals surface area contributed by atoms with Crippen LogP contribution in [0.2, 0.25) is 0 Å². The third-order valence-corrected chi connectivity index (χ3v) is 5.28. The van der Waals surface area contributed by atoms with Gasteiger partial charge in [-0.15, -0.1) is 0 Å². The normalized spacial score (nSPS) is 11.7. The molecule has 150 valence electrons. The molecule has 5 heteroatoms. The van der Waals surface area contributed by atoms with Crippen molar-refractivity contribution >= 4 is 38.5 Å². The maximum atomic E-state index is 6.04. The van der Waals surface area contributed by atoms with Crippen molar-refractivity contribution < 1.29 is 4.42 Å². The summed E-state index contributed by atoms with van der Waals surface area (Å²) in [5.74, 6) is 2.13. The Labute approximate surface area is 175 Å². The zero-order valence-corrected chi connectivity index (χ0v) is 17.2. The molecule has 30 heavy (non-hydrogen) atoms. The fraction of sp³-hybridized carbons (Fsp3) is 0.200. The van der Waals surface area contributed by atoms with Gasteiger partial charge in [0.15, 0.2) is 11.6 Å². The van der Waals surface area contributed by atoms with E-state index < -0.39 is 0 Å². The molecule has 0 atom stereocenters. The van der Waals surface area contributed by atoms with E-state index in [2.05, 4.69) is 60.7 Å². The van der Waals surface area contributed by atoms with Gasteiger partial charge in [0, 0.05) is 17.3 Å². The smallest absolute Gasteiger partial charge is 0.198 e. The standard InChI is InChI=1S/C25H24N4O/c1-29(2)13-7-12-26-24-20-14-17-8-3-4-9-18(17)15-21(20)27-25(28-24)23-16-19-10-5-6-11-22(19)30-23/h3-6,8-11,14-16H,7,12-13H2,1-2H3,(H,26,27,28). The van der Waals surface area contributed by atoms with Crippen LogP contribution < -0.4 is 5.32 Å². The number of nitrogens with zero attached hydrogens (tertiary/aromatic N) is 3. The Morgan fingerprint density at radius 3 is 2.37 bits per heavy atom. The van der Waals surface area contributed by atoms with E-state index in [9.17, 15) is 0 Å². The molecule has 0 radical (unpaired) electrons. The number of hydrogen-bond acceptors (Lipinski definition) is 5. The van der Waals surface area contributed by atoms with Crippen molar-refractivity contribution in [3.63, 3.8) is 0 Å². The molecule has 2 heterocycles. The van der Waals surface area contributed by atoms with Crippen molar-refractivity contribution in [2.45, 2.75) is 6.42 Å². The van der Waals surface area contributed by atoms with Crippen LogP contribution in [0.15, 0.2) is 71.1 Å². The quantitative estimate of drug-likeness (QED) is 0.301.